The van der Waals surface area contributed by atoms with Crippen LogP contribution in [-0.2, 0) is 4.79 Å². The molecule has 2 N–H and O–H groups in total. The van der Waals surface area contributed by atoms with E-state index in [1.54, 1.807) is 18.2 Å². The zero-order chi connectivity index (χ0) is 13.2. The van der Waals surface area contributed by atoms with Gasteiger partial charge < -0.3 is 10.6 Å². The predicted octanol–water partition coefficient (Wildman–Crippen LogP) is 2.47. The molecule has 4 heteroatoms. The van der Waals surface area contributed by atoms with Crippen molar-refractivity contribution in [1.29, 1.82) is 0 Å². The summed E-state index contributed by atoms with van der Waals surface area (Å²) in [4.78, 5) is 11.5. The summed E-state index contributed by atoms with van der Waals surface area (Å²) in [6.07, 6.45) is 4.40. The van der Waals surface area contributed by atoms with Crippen LogP contribution < -0.4 is 10.6 Å². The van der Waals surface area contributed by atoms with Gasteiger partial charge in [-0.3, -0.25) is 4.79 Å². The molecule has 0 atom stereocenters. The zero-order valence-corrected chi connectivity index (χ0v) is 11.3. The number of hydrogen-bond acceptors (Lipinski definition) is 2. The minimum Gasteiger partial charge on any atom is -0.351 e. The second-order valence-electron chi connectivity index (χ2n) is 3.93. The highest BCUT2D eigenvalue weighted by molar-refractivity contribution is 6.30. The third kappa shape index (κ3) is 6.42. The van der Waals surface area contributed by atoms with Gasteiger partial charge >= 0.3 is 0 Å². The Balaban J connectivity index is 2.25. The number of nitrogens with one attached hydrogen (secondary N) is 2. The molecule has 98 valence electrons. The molecule has 0 heterocycles. The summed E-state index contributed by atoms with van der Waals surface area (Å²) in [5.74, 6) is -0.0803. The Bertz CT molecular complexity index is 387. The van der Waals surface area contributed by atoms with Crippen LogP contribution in [0.15, 0.2) is 30.3 Å². The van der Waals surface area contributed by atoms with Crippen molar-refractivity contribution in [3.63, 3.8) is 0 Å². The van der Waals surface area contributed by atoms with E-state index in [9.17, 15) is 4.79 Å². The van der Waals surface area contributed by atoms with E-state index in [0.29, 0.717) is 11.6 Å². The van der Waals surface area contributed by atoms with Crippen molar-refractivity contribution in [2.75, 3.05) is 19.6 Å². The van der Waals surface area contributed by atoms with E-state index in [1.165, 1.54) is 6.08 Å². The van der Waals surface area contributed by atoms with Gasteiger partial charge in [-0.2, -0.15) is 0 Å². The van der Waals surface area contributed by atoms with Gasteiger partial charge in [0.25, 0.3) is 0 Å². The molecule has 1 aromatic carbocycles. The first-order valence-electron chi connectivity index (χ1n) is 6.14. The Morgan fingerprint density at radius 3 is 2.61 bits per heavy atom. The van der Waals surface area contributed by atoms with Gasteiger partial charge in [-0.15, -0.1) is 0 Å². The lowest BCUT2D eigenvalue weighted by Crippen LogP contribution is -2.30. The summed E-state index contributed by atoms with van der Waals surface area (Å²) >= 11 is 5.77. The molecule has 0 fully saturated rings. The predicted molar refractivity (Wildman–Crippen MR) is 76.7 cm³/mol. The molecule has 1 rings (SSSR count). The van der Waals surface area contributed by atoms with E-state index in [4.69, 9.17) is 11.6 Å². The number of hydrogen-bond donors (Lipinski definition) is 2. The van der Waals surface area contributed by atoms with Gasteiger partial charge in [-0.25, -0.2) is 0 Å². The third-order valence-electron chi connectivity index (χ3n) is 2.32. The molecule has 0 unspecified atom stereocenters. The molecular weight excluding hydrogens is 248 g/mol. The SMILES string of the molecule is CCCNCCNC(=O)C=Cc1ccc(Cl)cc1. The van der Waals surface area contributed by atoms with Crippen LogP contribution in [-0.4, -0.2) is 25.5 Å². The van der Waals surface area contributed by atoms with Crippen LogP contribution in [0.5, 0.6) is 0 Å². The van der Waals surface area contributed by atoms with Crippen LogP contribution in [0, 0.1) is 0 Å². The van der Waals surface area contributed by atoms with Crippen molar-refractivity contribution in [3.8, 4) is 0 Å². The lowest BCUT2D eigenvalue weighted by Gasteiger charge is -2.03. The molecule has 1 aromatic rings. The fourth-order valence-corrected chi connectivity index (χ4v) is 1.51. The molecule has 3 nitrogen and oxygen atoms in total. The van der Waals surface area contributed by atoms with Crippen molar-refractivity contribution >= 4 is 23.6 Å². The molecule has 0 saturated carbocycles. The number of carbonyl (C=O) groups excluding carboxylic acids is 1. The Hall–Kier alpha value is -1.32. The van der Waals surface area contributed by atoms with Gasteiger partial charge in [0, 0.05) is 24.2 Å². The average Bonchev–Trinajstić information content (AvgIpc) is 2.38. The smallest absolute Gasteiger partial charge is 0.244 e. The van der Waals surface area contributed by atoms with E-state index in [1.807, 2.05) is 12.1 Å². The van der Waals surface area contributed by atoms with E-state index in [-0.39, 0.29) is 5.91 Å². The van der Waals surface area contributed by atoms with Gasteiger partial charge in [0.05, 0.1) is 0 Å². The minimum absolute atomic E-state index is 0.0803. The lowest BCUT2D eigenvalue weighted by molar-refractivity contribution is -0.116. The number of amides is 1. The van der Waals surface area contributed by atoms with Crippen molar-refractivity contribution in [3.05, 3.63) is 40.9 Å². The summed E-state index contributed by atoms with van der Waals surface area (Å²) in [6.45, 7) is 4.54. The van der Waals surface area contributed by atoms with Gasteiger partial charge in [-0.05, 0) is 36.7 Å². The highest BCUT2D eigenvalue weighted by Crippen LogP contribution is 2.10. The molecule has 1 amide bonds. The van der Waals surface area contributed by atoms with Crippen LogP contribution in [0.1, 0.15) is 18.9 Å². The van der Waals surface area contributed by atoms with Crippen LogP contribution in [0.2, 0.25) is 5.02 Å². The monoisotopic (exact) mass is 266 g/mol. The standard InChI is InChI=1S/C14H19ClN2O/c1-2-9-16-10-11-17-14(18)8-5-12-3-6-13(15)7-4-12/h3-8,16H,2,9-11H2,1H3,(H,17,18). The molecule has 18 heavy (non-hydrogen) atoms. The highest BCUT2D eigenvalue weighted by atomic mass is 35.5. The molecule has 0 aliphatic rings. The maximum atomic E-state index is 11.5. The van der Waals surface area contributed by atoms with Gasteiger partial charge in [0.1, 0.15) is 0 Å². The summed E-state index contributed by atoms with van der Waals surface area (Å²) < 4.78 is 0. The van der Waals surface area contributed by atoms with Crippen molar-refractivity contribution in [1.82, 2.24) is 10.6 Å². The van der Waals surface area contributed by atoms with Crippen LogP contribution in [0.3, 0.4) is 0 Å². The van der Waals surface area contributed by atoms with E-state index >= 15 is 0 Å². The van der Waals surface area contributed by atoms with Crippen LogP contribution in [0.25, 0.3) is 6.08 Å². The third-order valence-corrected chi connectivity index (χ3v) is 2.58. The molecule has 0 radical (unpaired) electrons. The molecule has 0 aromatic heterocycles. The van der Waals surface area contributed by atoms with E-state index in [0.717, 1.165) is 25.1 Å². The number of benzene rings is 1. The first kappa shape index (κ1) is 14.7. The Morgan fingerprint density at radius 2 is 1.94 bits per heavy atom. The second-order valence-corrected chi connectivity index (χ2v) is 4.36. The topological polar surface area (TPSA) is 41.1 Å². The van der Waals surface area contributed by atoms with Crippen molar-refractivity contribution < 1.29 is 4.79 Å². The lowest BCUT2D eigenvalue weighted by atomic mass is 10.2. The maximum Gasteiger partial charge on any atom is 0.244 e. The summed E-state index contributed by atoms with van der Waals surface area (Å²) in [5, 5.41) is 6.72. The summed E-state index contributed by atoms with van der Waals surface area (Å²) in [7, 11) is 0. The average molecular weight is 267 g/mol. The molecule has 0 spiro atoms. The molecule has 0 aliphatic heterocycles. The number of halogens is 1. The highest BCUT2D eigenvalue weighted by Gasteiger charge is 1.94. The first-order chi connectivity index (χ1) is 8.72. The Kier molecular flexibility index (Phi) is 7.14. The summed E-state index contributed by atoms with van der Waals surface area (Å²) in [6, 6.07) is 7.34. The van der Waals surface area contributed by atoms with Crippen molar-refractivity contribution in [2.45, 2.75) is 13.3 Å². The van der Waals surface area contributed by atoms with Crippen LogP contribution in [0.4, 0.5) is 0 Å². The Labute approximate surface area is 113 Å². The van der Waals surface area contributed by atoms with Gasteiger partial charge in [0.2, 0.25) is 5.91 Å². The second kappa shape index (κ2) is 8.72. The first-order valence-corrected chi connectivity index (χ1v) is 6.52. The minimum atomic E-state index is -0.0803. The van der Waals surface area contributed by atoms with E-state index in [2.05, 4.69) is 17.6 Å². The molecule has 0 bridgehead atoms. The fourth-order valence-electron chi connectivity index (χ4n) is 1.38. The summed E-state index contributed by atoms with van der Waals surface area (Å²) in [5.41, 5.74) is 0.957. The molecule has 0 aliphatic carbocycles. The largest absolute Gasteiger partial charge is 0.351 e. The maximum absolute atomic E-state index is 11.5. The normalized spacial score (nSPS) is 10.8. The fraction of sp³-hybridized carbons (Fsp3) is 0.357. The molecule has 0 saturated heterocycles. The van der Waals surface area contributed by atoms with Crippen LogP contribution >= 0.6 is 11.6 Å². The zero-order valence-electron chi connectivity index (χ0n) is 10.6. The quantitative estimate of drug-likeness (QED) is 0.588. The number of carbonyl (C=O) groups is 1. The molecular formula is C14H19ClN2O. The number of rotatable bonds is 7. The van der Waals surface area contributed by atoms with Gasteiger partial charge in [-0.1, -0.05) is 30.7 Å². The Morgan fingerprint density at radius 1 is 1.22 bits per heavy atom. The van der Waals surface area contributed by atoms with Crippen molar-refractivity contribution in [2.24, 2.45) is 0 Å². The van der Waals surface area contributed by atoms with E-state index < -0.39 is 0 Å². The van der Waals surface area contributed by atoms with Gasteiger partial charge in [0.15, 0.2) is 0 Å².